The molecule has 1 rings (SSSR count). The van der Waals surface area contributed by atoms with E-state index in [9.17, 15) is 9.82 Å². The third-order valence-corrected chi connectivity index (χ3v) is 2.47. The molecule has 74 valence electrons. The van der Waals surface area contributed by atoms with E-state index >= 15 is 0 Å². The fraction of sp³-hybridized carbons (Fsp3) is 0.222. The van der Waals surface area contributed by atoms with Gasteiger partial charge in [0.2, 0.25) is 0 Å². The van der Waals surface area contributed by atoms with Crippen molar-refractivity contribution >= 4 is 34.6 Å². The molecule has 0 saturated heterocycles. The lowest BCUT2D eigenvalue weighted by Crippen LogP contribution is -2.28. The van der Waals surface area contributed by atoms with E-state index in [-0.39, 0.29) is 0 Å². The summed E-state index contributed by atoms with van der Waals surface area (Å²) < 4.78 is 5.78. The van der Waals surface area contributed by atoms with Crippen LogP contribution in [0.4, 0.5) is 0 Å². The zero-order valence-electron chi connectivity index (χ0n) is 7.95. The number of hydrogen-bond acceptors (Lipinski definition) is 3. The van der Waals surface area contributed by atoms with Crippen LogP contribution in [0.25, 0.3) is 0 Å². The molecule has 0 aliphatic heterocycles. The van der Waals surface area contributed by atoms with Crippen LogP contribution in [0.2, 0.25) is 6.82 Å². The molecule has 1 aromatic carbocycles. The Morgan fingerprint density at radius 3 is 2.64 bits per heavy atom. The first kappa shape index (κ1) is 11.3. The number of methoxy groups -OCH3 is 1. The number of aldehydes is 1. The SMILES string of the molecule is COc1c(Br)cc(C=O)cc1B(C)O. The van der Waals surface area contributed by atoms with Crippen molar-refractivity contribution in [2.45, 2.75) is 6.82 Å². The van der Waals surface area contributed by atoms with E-state index in [1.807, 2.05) is 0 Å². The first-order valence-electron chi connectivity index (χ1n) is 4.10. The van der Waals surface area contributed by atoms with Crippen LogP contribution in [0.1, 0.15) is 10.4 Å². The van der Waals surface area contributed by atoms with Crippen LogP contribution in [-0.4, -0.2) is 25.3 Å². The number of rotatable bonds is 3. The highest BCUT2D eigenvalue weighted by Gasteiger charge is 2.16. The molecule has 0 radical (unpaired) electrons. The van der Waals surface area contributed by atoms with E-state index in [1.54, 1.807) is 19.0 Å². The molecule has 0 spiro atoms. The number of ether oxygens (including phenoxy) is 1. The zero-order valence-corrected chi connectivity index (χ0v) is 9.54. The molecule has 0 aliphatic rings. The maximum Gasteiger partial charge on any atom is 0.324 e. The predicted octanol–water partition coefficient (Wildman–Crippen LogP) is 1.09. The summed E-state index contributed by atoms with van der Waals surface area (Å²) in [6, 6.07) is 3.26. The van der Waals surface area contributed by atoms with Gasteiger partial charge in [0.1, 0.15) is 12.0 Å². The van der Waals surface area contributed by atoms with E-state index in [0.717, 1.165) is 6.29 Å². The van der Waals surface area contributed by atoms with E-state index < -0.39 is 6.92 Å². The van der Waals surface area contributed by atoms with Gasteiger partial charge >= 0.3 is 6.92 Å². The van der Waals surface area contributed by atoms with Crippen LogP contribution in [0.15, 0.2) is 16.6 Å². The molecule has 0 fully saturated rings. The van der Waals surface area contributed by atoms with E-state index in [0.29, 0.717) is 21.2 Å². The Bertz CT molecular complexity index is 352. The summed E-state index contributed by atoms with van der Waals surface area (Å²) >= 11 is 3.27. The number of hydrogen-bond donors (Lipinski definition) is 1. The summed E-state index contributed by atoms with van der Waals surface area (Å²) in [5.41, 5.74) is 1.11. The molecule has 0 aromatic heterocycles. The fourth-order valence-electron chi connectivity index (χ4n) is 1.23. The molecule has 0 saturated carbocycles. The molecule has 0 bridgehead atoms. The van der Waals surface area contributed by atoms with Gasteiger partial charge < -0.3 is 9.76 Å². The van der Waals surface area contributed by atoms with Gasteiger partial charge in [0.15, 0.2) is 0 Å². The van der Waals surface area contributed by atoms with Gasteiger partial charge in [-0.15, -0.1) is 0 Å². The monoisotopic (exact) mass is 256 g/mol. The Hall–Kier alpha value is -0.805. The average Bonchev–Trinajstić information content (AvgIpc) is 2.16. The maximum atomic E-state index is 10.6. The van der Waals surface area contributed by atoms with Crippen molar-refractivity contribution in [3.63, 3.8) is 0 Å². The number of benzene rings is 1. The second-order valence-electron chi connectivity index (χ2n) is 2.92. The van der Waals surface area contributed by atoms with Crippen molar-refractivity contribution in [1.29, 1.82) is 0 Å². The van der Waals surface area contributed by atoms with Crippen LogP contribution >= 0.6 is 15.9 Å². The summed E-state index contributed by atoms with van der Waals surface area (Å²) in [5, 5.41) is 9.46. The minimum atomic E-state index is -0.666. The Balaban J connectivity index is 3.35. The largest absolute Gasteiger partial charge is 0.496 e. The lowest BCUT2D eigenvalue weighted by Gasteiger charge is -2.11. The molecule has 0 heterocycles. The lowest BCUT2D eigenvalue weighted by atomic mass is 9.63. The second kappa shape index (κ2) is 4.62. The van der Waals surface area contributed by atoms with Gasteiger partial charge in [-0.25, -0.2) is 0 Å². The summed E-state index contributed by atoms with van der Waals surface area (Å²) in [4.78, 5) is 10.6. The van der Waals surface area contributed by atoms with Gasteiger partial charge in [-0.3, -0.25) is 4.79 Å². The van der Waals surface area contributed by atoms with Crippen molar-refractivity contribution in [3.8, 4) is 5.75 Å². The Kier molecular flexibility index (Phi) is 3.72. The summed E-state index contributed by atoms with van der Waals surface area (Å²) in [6.45, 7) is 0.958. The van der Waals surface area contributed by atoms with Gasteiger partial charge in [0, 0.05) is 5.56 Å². The fourth-order valence-corrected chi connectivity index (χ4v) is 1.89. The van der Waals surface area contributed by atoms with Crippen molar-refractivity contribution in [3.05, 3.63) is 22.2 Å². The van der Waals surface area contributed by atoms with Gasteiger partial charge in [-0.2, -0.15) is 0 Å². The van der Waals surface area contributed by atoms with Gasteiger partial charge in [0.25, 0.3) is 0 Å². The van der Waals surface area contributed by atoms with Crippen LogP contribution in [0, 0.1) is 0 Å². The minimum absolute atomic E-state index is 0.508. The van der Waals surface area contributed by atoms with E-state index in [1.165, 1.54) is 7.11 Å². The Morgan fingerprint density at radius 1 is 1.57 bits per heavy atom. The van der Waals surface area contributed by atoms with E-state index in [2.05, 4.69) is 15.9 Å². The molecule has 0 unspecified atom stereocenters. The predicted molar refractivity (Wildman–Crippen MR) is 59.6 cm³/mol. The second-order valence-corrected chi connectivity index (χ2v) is 3.77. The number of carbonyl (C=O) groups is 1. The molecular formula is C9H10BBrO3. The van der Waals surface area contributed by atoms with Gasteiger partial charge in [-0.1, -0.05) is 12.9 Å². The minimum Gasteiger partial charge on any atom is -0.496 e. The summed E-state index contributed by atoms with van der Waals surface area (Å²) in [5.74, 6) is 0.561. The standard InChI is InChI=1S/C9H10BBrO3/c1-10(13)7-3-6(5-12)4-8(11)9(7)14-2/h3-5,13H,1-2H3. The lowest BCUT2D eigenvalue weighted by molar-refractivity contribution is 0.112. The third-order valence-electron chi connectivity index (χ3n) is 1.88. The van der Waals surface area contributed by atoms with Crippen molar-refractivity contribution in [1.82, 2.24) is 0 Å². The summed E-state index contributed by atoms with van der Waals surface area (Å²) in [7, 11) is 1.52. The number of carbonyl (C=O) groups excluding carboxylic acids is 1. The molecule has 5 heteroatoms. The third kappa shape index (κ3) is 2.16. The quantitative estimate of drug-likeness (QED) is 0.651. The normalized spacial score (nSPS) is 9.71. The van der Waals surface area contributed by atoms with Crippen molar-refractivity contribution in [2.24, 2.45) is 0 Å². The van der Waals surface area contributed by atoms with Crippen molar-refractivity contribution in [2.75, 3.05) is 7.11 Å². The summed E-state index contributed by atoms with van der Waals surface area (Å²) in [6.07, 6.45) is 0.732. The first-order valence-corrected chi connectivity index (χ1v) is 4.90. The molecule has 0 amide bonds. The van der Waals surface area contributed by atoms with Crippen molar-refractivity contribution < 1.29 is 14.6 Å². The van der Waals surface area contributed by atoms with Crippen LogP contribution in [0.5, 0.6) is 5.75 Å². The topological polar surface area (TPSA) is 46.5 Å². The van der Waals surface area contributed by atoms with Crippen LogP contribution < -0.4 is 10.2 Å². The molecular weight excluding hydrogens is 247 g/mol. The highest BCUT2D eigenvalue weighted by atomic mass is 79.9. The van der Waals surface area contributed by atoms with Crippen LogP contribution in [-0.2, 0) is 0 Å². The Labute approximate surface area is 91.3 Å². The number of halogens is 1. The Morgan fingerprint density at radius 2 is 2.21 bits per heavy atom. The average molecular weight is 257 g/mol. The molecule has 3 nitrogen and oxygen atoms in total. The smallest absolute Gasteiger partial charge is 0.324 e. The molecule has 1 aromatic rings. The molecule has 14 heavy (non-hydrogen) atoms. The molecule has 0 aliphatic carbocycles. The zero-order chi connectivity index (χ0) is 10.7. The molecule has 0 atom stereocenters. The maximum absolute atomic E-state index is 10.6. The molecule has 1 N–H and O–H groups in total. The van der Waals surface area contributed by atoms with Gasteiger partial charge in [-0.05, 0) is 27.5 Å². The van der Waals surface area contributed by atoms with Crippen LogP contribution in [0.3, 0.4) is 0 Å². The first-order chi connectivity index (χ1) is 6.60. The van der Waals surface area contributed by atoms with E-state index in [4.69, 9.17) is 4.74 Å². The highest BCUT2D eigenvalue weighted by Crippen LogP contribution is 2.23. The van der Waals surface area contributed by atoms with Gasteiger partial charge in [0.05, 0.1) is 11.6 Å². The highest BCUT2D eigenvalue weighted by molar-refractivity contribution is 9.10.